The lowest BCUT2D eigenvalue weighted by Gasteiger charge is -2.33. The molecule has 27 heavy (non-hydrogen) atoms. The third-order valence-electron chi connectivity index (χ3n) is 5.44. The predicted octanol–water partition coefficient (Wildman–Crippen LogP) is 1.25. The highest BCUT2D eigenvalue weighted by Crippen LogP contribution is 2.17. The first-order valence-corrected chi connectivity index (χ1v) is 9.54. The van der Waals surface area contributed by atoms with Gasteiger partial charge in [0.1, 0.15) is 0 Å². The molecule has 2 amide bonds. The summed E-state index contributed by atoms with van der Waals surface area (Å²) >= 11 is 0. The Bertz CT molecular complexity index is 756. The number of piperazine rings is 1. The lowest BCUT2D eigenvalue weighted by Crippen LogP contribution is -3.15. The average Bonchev–Trinajstić information content (AvgIpc) is 2.74. The topological polar surface area (TPSA) is 45.1 Å². The molecule has 1 aliphatic rings. The zero-order valence-corrected chi connectivity index (χ0v) is 16.1. The van der Waals surface area contributed by atoms with Gasteiger partial charge in [0.2, 0.25) is 0 Å². The van der Waals surface area contributed by atoms with Crippen molar-refractivity contribution in [2.45, 2.75) is 13.0 Å². The summed E-state index contributed by atoms with van der Waals surface area (Å²) in [5, 5.41) is 0. The highest BCUT2D eigenvalue weighted by atomic mass is 16.2. The predicted molar refractivity (Wildman–Crippen MR) is 106 cm³/mol. The molecule has 1 atom stereocenters. The molecular weight excluding hydrogens is 338 g/mol. The van der Waals surface area contributed by atoms with Gasteiger partial charge in [0.25, 0.3) is 11.8 Å². The second-order valence-electron chi connectivity index (χ2n) is 7.18. The molecule has 0 unspecified atom stereocenters. The molecule has 0 radical (unpaired) electrons. The lowest BCUT2D eigenvalue weighted by atomic mass is 10.1. The van der Waals surface area contributed by atoms with E-state index in [1.54, 1.807) is 0 Å². The van der Waals surface area contributed by atoms with Gasteiger partial charge in [-0.05, 0) is 24.6 Å². The number of likely N-dealkylation sites (N-methyl/N-ethyl adjacent to an activating group) is 1. The molecule has 0 spiro atoms. The maximum Gasteiger partial charge on any atom is 0.278 e. The molecule has 1 saturated heterocycles. The number of hydrogen-bond acceptors (Lipinski definition) is 2. The third-order valence-corrected chi connectivity index (χ3v) is 5.44. The smallest absolute Gasteiger partial charge is 0.278 e. The molecule has 0 bridgehead atoms. The van der Waals surface area contributed by atoms with Crippen molar-refractivity contribution in [3.63, 3.8) is 0 Å². The summed E-state index contributed by atoms with van der Waals surface area (Å²) in [7, 11) is 1.87. The van der Waals surface area contributed by atoms with Crippen LogP contribution in [0.4, 0.5) is 0 Å². The lowest BCUT2D eigenvalue weighted by molar-refractivity contribution is -0.896. The first-order chi connectivity index (χ1) is 13.1. The maximum absolute atomic E-state index is 12.7. The molecule has 0 aromatic heterocycles. The van der Waals surface area contributed by atoms with Crippen LogP contribution in [0.5, 0.6) is 0 Å². The number of carbonyl (C=O) groups is 2. The summed E-state index contributed by atoms with van der Waals surface area (Å²) in [5.41, 5.74) is 1.87. The van der Waals surface area contributed by atoms with Crippen molar-refractivity contribution < 1.29 is 14.5 Å². The van der Waals surface area contributed by atoms with Crippen molar-refractivity contribution in [3.8, 4) is 0 Å². The van der Waals surface area contributed by atoms with Gasteiger partial charge in [-0.3, -0.25) is 9.59 Å². The molecule has 142 valence electrons. The summed E-state index contributed by atoms with van der Waals surface area (Å²) in [5.74, 6) is 0.222. The van der Waals surface area contributed by atoms with Crippen LogP contribution in [0, 0.1) is 0 Å². The quantitative estimate of drug-likeness (QED) is 0.866. The van der Waals surface area contributed by atoms with E-state index in [-0.39, 0.29) is 17.9 Å². The van der Waals surface area contributed by atoms with Gasteiger partial charge in [-0.1, -0.05) is 48.5 Å². The molecule has 0 aliphatic carbocycles. The molecule has 1 N–H and O–H groups in total. The van der Waals surface area contributed by atoms with Crippen LogP contribution in [0.3, 0.4) is 0 Å². The number of amides is 2. The van der Waals surface area contributed by atoms with E-state index in [1.165, 1.54) is 4.90 Å². The van der Waals surface area contributed by atoms with Crippen LogP contribution in [0.25, 0.3) is 0 Å². The largest absolute Gasteiger partial charge is 0.334 e. The molecule has 1 fully saturated rings. The second kappa shape index (κ2) is 8.82. The van der Waals surface area contributed by atoms with Crippen LogP contribution < -0.4 is 4.90 Å². The molecule has 1 heterocycles. The van der Waals surface area contributed by atoms with Crippen molar-refractivity contribution in [3.05, 3.63) is 71.8 Å². The van der Waals surface area contributed by atoms with Crippen LogP contribution in [0.1, 0.15) is 28.9 Å². The van der Waals surface area contributed by atoms with E-state index in [0.29, 0.717) is 19.6 Å². The zero-order valence-electron chi connectivity index (χ0n) is 16.1. The van der Waals surface area contributed by atoms with Crippen molar-refractivity contribution in [2.24, 2.45) is 0 Å². The van der Waals surface area contributed by atoms with Gasteiger partial charge in [0, 0.05) is 12.6 Å². The number of quaternary nitrogens is 1. The van der Waals surface area contributed by atoms with Gasteiger partial charge in [0.15, 0.2) is 6.54 Å². The Morgan fingerprint density at radius 3 is 2.15 bits per heavy atom. The summed E-state index contributed by atoms with van der Waals surface area (Å²) in [6.07, 6.45) is 0. The molecule has 5 heteroatoms. The Morgan fingerprint density at radius 2 is 1.56 bits per heavy atom. The van der Waals surface area contributed by atoms with Gasteiger partial charge < -0.3 is 14.7 Å². The molecule has 1 aliphatic heterocycles. The van der Waals surface area contributed by atoms with Crippen LogP contribution in [0.2, 0.25) is 0 Å². The zero-order chi connectivity index (χ0) is 19.2. The van der Waals surface area contributed by atoms with Gasteiger partial charge in [-0.25, -0.2) is 0 Å². The van der Waals surface area contributed by atoms with Crippen LogP contribution in [-0.2, 0) is 4.79 Å². The van der Waals surface area contributed by atoms with Gasteiger partial charge >= 0.3 is 0 Å². The highest BCUT2D eigenvalue weighted by molar-refractivity contribution is 5.94. The van der Waals surface area contributed by atoms with Crippen molar-refractivity contribution in [1.82, 2.24) is 9.80 Å². The monoisotopic (exact) mass is 366 g/mol. The van der Waals surface area contributed by atoms with Crippen molar-refractivity contribution in [1.29, 1.82) is 0 Å². The van der Waals surface area contributed by atoms with Gasteiger partial charge in [-0.15, -0.1) is 0 Å². The standard InChI is InChI=1S/C22H27N3O2/c1-18(19-9-5-3-6-10-19)23(2)21(26)17-24-13-15-25(16-14-24)22(27)20-11-7-4-8-12-20/h3-12,18H,13-17H2,1-2H3/p+1/t18-/m1/s1. The molecule has 0 saturated carbocycles. The molecule has 3 rings (SSSR count). The first-order valence-electron chi connectivity index (χ1n) is 9.54. The fourth-order valence-corrected chi connectivity index (χ4v) is 3.48. The summed E-state index contributed by atoms with van der Waals surface area (Å²) in [6.45, 7) is 5.51. The third kappa shape index (κ3) is 4.74. The molecule has 2 aromatic rings. The molecule has 5 nitrogen and oxygen atoms in total. The minimum absolute atomic E-state index is 0.0547. The molecular formula is C22H28N3O2+. The Hall–Kier alpha value is -2.66. The number of nitrogens with zero attached hydrogens (tertiary/aromatic N) is 2. The van der Waals surface area contributed by atoms with E-state index in [1.807, 2.05) is 65.4 Å². The molecule has 2 aromatic carbocycles. The number of rotatable bonds is 5. The second-order valence-corrected chi connectivity index (χ2v) is 7.18. The van der Waals surface area contributed by atoms with Crippen LogP contribution >= 0.6 is 0 Å². The Labute approximate surface area is 161 Å². The number of hydrogen-bond donors (Lipinski definition) is 1. The summed E-state index contributed by atoms with van der Waals surface area (Å²) < 4.78 is 0. The van der Waals surface area contributed by atoms with Crippen molar-refractivity contribution in [2.75, 3.05) is 39.8 Å². The Kier molecular flexibility index (Phi) is 6.24. The van der Waals surface area contributed by atoms with E-state index >= 15 is 0 Å². The maximum atomic E-state index is 12.7. The van der Waals surface area contributed by atoms with E-state index in [2.05, 4.69) is 19.1 Å². The summed E-state index contributed by atoms with van der Waals surface area (Å²) in [6, 6.07) is 19.5. The number of benzene rings is 2. The number of carbonyl (C=O) groups excluding carboxylic acids is 2. The van der Waals surface area contributed by atoms with Crippen LogP contribution in [-0.4, -0.2) is 61.4 Å². The van der Waals surface area contributed by atoms with E-state index < -0.39 is 0 Å². The normalized spacial score (nSPS) is 16.0. The van der Waals surface area contributed by atoms with Crippen LogP contribution in [0.15, 0.2) is 60.7 Å². The highest BCUT2D eigenvalue weighted by Gasteiger charge is 2.27. The van der Waals surface area contributed by atoms with Gasteiger partial charge in [-0.2, -0.15) is 0 Å². The SMILES string of the molecule is C[C@H](c1ccccc1)N(C)C(=O)C[NH+]1CCN(C(=O)c2ccccc2)CC1. The Morgan fingerprint density at radius 1 is 1.00 bits per heavy atom. The minimum Gasteiger partial charge on any atom is -0.334 e. The van der Waals surface area contributed by atoms with E-state index in [4.69, 9.17) is 0 Å². The first kappa shape index (κ1) is 19.1. The van der Waals surface area contributed by atoms with Crippen molar-refractivity contribution >= 4 is 11.8 Å². The fourth-order valence-electron chi connectivity index (χ4n) is 3.48. The number of nitrogens with one attached hydrogen (secondary N) is 1. The summed E-state index contributed by atoms with van der Waals surface area (Å²) in [4.78, 5) is 30.2. The average molecular weight is 366 g/mol. The fraction of sp³-hybridized carbons (Fsp3) is 0.364. The van der Waals surface area contributed by atoms with E-state index in [0.717, 1.165) is 24.2 Å². The van der Waals surface area contributed by atoms with Gasteiger partial charge in [0.05, 0.1) is 32.2 Å². The Balaban J connectivity index is 1.50. The van der Waals surface area contributed by atoms with E-state index in [9.17, 15) is 9.59 Å². The minimum atomic E-state index is 0.0547.